The summed E-state index contributed by atoms with van der Waals surface area (Å²) in [7, 11) is 0. The van der Waals surface area contributed by atoms with E-state index in [4.69, 9.17) is 0 Å². The summed E-state index contributed by atoms with van der Waals surface area (Å²) in [5.74, 6) is -0.146. The summed E-state index contributed by atoms with van der Waals surface area (Å²) in [5.41, 5.74) is -0.425. The van der Waals surface area contributed by atoms with E-state index >= 15 is 0 Å². The van der Waals surface area contributed by atoms with Crippen molar-refractivity contribution in [1.82, 2.24) is 10.2 Å². The third-order valence-corrected chi connectivity index (χ3v) is 1.80. The second-order valence-electron chi connectivity index (χ2n) is 4.02. The predicted octanol–water partition coefficient (Wildman–Crippen LogP) is 0.725. The molecule has 12 heavy (non-hydrogen) atoms. The molecule has 1 aliphatic heterocycles. The molecule has 0 aromatic heterocycles. The van der Waals surface area contributed by atoms with Gasteiger partial charge in [-0.3, -0.25) is 9.69 Å². The Bertz CT molecular complexity index is 230. The molecule has 1 N–H and O–H groups in total. The highest BCUT2D eigenvalue weighted by Crippen LogP contribution is 2.18. The van der Waals surface area contributed by atoms with Gasteiger partial charge in [0.25, 0.3) is 5.91 Å². The van der Waals surface area contributed by atoms with Gasteiger partial charge in [-0.15, -0.1) is 0 Å². The molecule has 4 heteroatoms. The lowest BCUT2D eigenvalue weighted by molar-refractivity contribution is -0.130. The highest BCUT2D eigenvalue weighted by atomic mass is 16.2. The normalized spacial score (nSPS) is 24.7. The second kappa shape index (κ2) is 2.47. The molecule has 0 bridgehead atoms. The zero-order valence-corrected chi connectivity index (χ0v) is 7.84. The molecule has 0 aromatic rings. The number of nitrogens with zero attached hydrogens (tertiary/aromatic N) is 1. The van der Waals surface area contributed by atoms with Gasteiger partial charge in [0.05, 0.1) is 0 Å². The Kier molecular flexibility index (Phi) is 1.86. The maximum absolute atomic E-state index is 11.4. The molecule has 1 aliphatic rings. The summed E-state index contributed by atoms with van der Waals surface area (Å²) >= 11 is 0. The first-order valence-corrected chi connectivity index (χ1v) is 3.98. The highest BCUT2D eigenvalue weighted by molar-refractivity contribution is 6.04. The van der Waals surface area contributed by atoms with Crippen molar-refractivity contribution < 1.29 is 9.59 Å². The van der Waals surface area contributed by atoms with E-state index in [1.165, 1.54) is 4.90 Å². The number of carbonyl (C=O) groups is 2. The van der Waals surface area contributed by atoms with Crippen molar-refractivity contribution in [2.75, 3.05) is 0 Å². The Hall–Kier alpha value is -1.06. The van der Waals surface area contributed by atoms with Crippen LogP contribution in [0.15, 0.2) is 0 Å². The summed E-state index contributed by atoms with van der Waals surface area (Å²) in [5, 5.41) is 2.56. The van der Waals surface area contributed by atoms with Gasteiger partial charge in [0, 0.05) is 5.54 Å². The van der Waals surface area contributed by atoms with Crippen LogP contribution in [0, 0.1) is 0 Å². The molecule has 0 radical (unpaired) electrons. The van der Waals surface area contributed by atoms with E-state index in [2.05, 4.69) is 5.32 Å². The molecule has 0 spiro atoms. The molecule has 0 aromatic carbocycles. The van der Waals surface area contributed by atoms with Gasteiger partial charge in [-0.25, -0.2) is 4.79 Å². The van der Waals surface area contributed by atoms with Crippen LogP contribution >= 0.6 is 0 Å². The standard InChI is InChI=1S/C8H14N2O2/c1-5-6(11)10(7(12)9-5)8(2,3)4/h5H,1-4H3,(H,9,12). The van der Waals surface area contributed by atoms with Gasteiger partial charge in [-0.05, 0) is 27.7 Å². The van der Waals surface area contributed by atoms with Crippen LogP contribution in [0.4, 0.5) is 4.79 Å². The largest absolute Gasteiger partial charge is 0.326 e. The van der Waals surface area contributed by atoms with Crippen LogP contribution in [0.25, 0.3) is 0 Å². The minimum Gasteiger partial charge on any atom is -0.326 e. The van der Waals surface area contributed by atoms with Gasteiger partial charge < -0.3 is 5.32 Å². The van der Waals surface area contributed by atoms with E-state index in [1.807, 2.05) is 20.8 Å². The smallest absolute Gasteiger partial charge is 0.325 e. The van der Waals surface area contributed by atoms with Crippen molar-refractivity contribution in [1.29, 1.82) is 0 Å². The molecule has 68 valence electrons. The molecule has 3 amide bonds. The van der Waals surface area contributed by atoms with Gasteiger partial charge in [0.1, 0.15) is 6.04 Å². The van der Waals surface area contributed by atoms with Crippen molar-refractivity contribution in [3.05, 3.63) is 0 Å². The Morgan fingerprint density at radius 3 is 2.00 bits per heavy atom. The molecule has 1 atom stereocenters. The number of nitrogens with one attached hydrogen (secondary N) is 1. The molecule has 0 aliphatic carbocycles. The first-order valence-electron chi connectivity index (χ1n) is 3.98. The third-order valence-electron chi connectivity index (χ3n) is 1.80. The summed E-state index contributed by atoms with van der Waals surface area (Å²) in [6.07, 6.45) is 0. The van der Waals surface area contributed by atoms with Gasteiger partial charge in [0.2, 0.25) is 0 Å². The van der Waals surface area contributed by atoms with Crippen LogP contribution < -0.4 is 5.32 Å². The number of urea groups is 1. The number of imide groups is 1. The van der Waals surface area contributed by atoms with Crippen LogP contribution in [-0.4, -0.2) is 28.4 Å². The summed E-state index contributed by atoms with van der Waals surface area (Å²) in [4.78, 5) is 23.9. The van der Waals surface area contributed by atoms with Crippen LogP contribution in [0.3, 0.4) is 0 Å². The van der Waals surface area contributed by atoms with E-state index in [-0.39, 0.29) is 18.0 Å². The molecule has 0 saturated carbocycles. The average molecular weight is 170 g/mol. The molecule has 1 unspecified atom stereocenters. The Balaban J connectivity index is 2.92. The Morgan fingerprint density at radius 1 is 1.33 bits per heavy atom. The maximum atomic E-state index is 11.4. The fourth-order valence-electron chi connectivity index (χ4n) is 1.24. The van der Waals surface area contributed by atoms with Crippen LogP contribution in [-0.2, 0) is 4.79 Å². The topological polar surface area (TPSA) is 49.4 Å². The van der Waals surface area contributed by atoms with Crippen LogP contribution in [0.5, 0.6) is 0 Å². The molecule has 1 rings (SSSR count). The lowest BCUT2D eigenvalue weighted by Gasteiger charge is -2.28. The van der Waals surface area contributed by atoms with Crippen molar-refractivity contribution in [2.45, 2.75) is 39.3 Å². The van der Waals surface area contributed by atoms with Crippen molar-refractivity contribution in [2.24, 2.45) is 0 Å². The fraction of sp³-hybridized carbons (Fsp3) is 0.750. The molecule has 1 heterocycles. The molecular formula is C8H14N2O2. The molecule has 1 saturated heterocycles. The quantitative estimate of drug-likeness (QED) is 0.545. The van der Waals surface area contributed by atoms with E-state index in [0.717, 1.165) is 0 Å². The van der Waals surface area contributed by atoms with Crippen LogP contribution in [0.1, 0.15) is 27.7 Å². The fourth-order valence-corrected chi connectivity index (χ4v) is 1.24. The predicted molar refractivity (Wildman–Crippen MR) is 44.6 cm³/mol. The molecule has 4 nitrogen and oxygen atoms in total. The van der Waals surface area contributed by atoms with Gasteiger partial charge in [0.15, 0.2) is 0 Å². The lowest BCUT2D eigenvalue weighted by atomic mass is 10.1. The number of carbonyl (C=O) groups excluding carboxylic acids is 2. The van der Waals surface area contributed by atoms with Gasteiger partial charge in [-0.1, -0.05) is 0 Å². The average Bonchev–Trinajstić information content (AvgIpc) is 2.05. The minimum atomic E-state index is -0.425. The van der Waals surface area contributed by atoms with E-state index in [1.54, 1.807) is 6.92 Å². The SMILES string of the molecule is CC1NC(=O)N(C(C)(C)C)C1=O. The van der Waals surface area contributed by atoms with E-state index in [9.17, 15) is 9.59 Å². The Labute approximate surface area is 71.9 Å². The van der Waals surface area contributed by atoms with Crippen molar-refractivity contribution >= 4 is 11.9 Å². The third kappa shape index (κ3) is 1.29. The van der Waals surface area contributed by atoms with E-state index < -0.39 is 5.54 Å². The summed E-state index contributed by atoms with van der Waals surface area (Å²) in [6.45, 7) is 7.19. The second-order valence-corrected chi connectivity index (χ2v) is 4.02. The summed E-state index contributed by atoms with van der Waals surface area (Å²) in [6, 6.07) is -0.670. The monoisotopic (exact) mass is 170 g/mol. The zero-order valence-electron chi connectivity index (χ0n) is 7.84. The number of amides is 3. The lowest BCUT2D eigenvalue weighted by Crippen LogP contribution is -2.46. The number of rotatable bonds is 0. The first kappa shape index (κ1) is 9.03. The summed E-state index contributed by atoms with van der Waals surface area (Å²) < 4.78 is 0. The zero-order chi connectivity index (χ0) is 9.52. The van der Waals surface area contributed by atoms with Gasteiger partial charge in [-0.2, -0.15) is 0 Å². The van der Waals surface area contributed by atoms with Crippen LogP contribution in [0.2, 0.25) is 0 Å². The maximum Gasteiger partial charge on any atom is 0.325 e. The van der Waals surface area contributed by atoms with Crippen molar-refractivity contribution in [3.63, 3.8) is 0 Å². The number of hydrogen-bond acceptors (Lipinski definition) is 2. The van der Waals surface area contributed by atoms with E-state index in [0.29, 0.717) is 0 Å². The molecule has 1 fully saturated rings. The molecular weight excluding hydrogens is 156 g/mol. The van der Waals surface area contributed by atoms with Crippen molar-refractivity contribution in [3.8, 4) is 0 Å². The highest BCUT2D eigenvalue weighted by Gasteiger charge is 2.41. The van der Waals surface area contributed by atoms with Gasteiger partial charge >= 0.3 is 6.03 Å². The first-order chi connectivity index (χ1) is 5.34. The Morgan fingerprint density at radius 2 is 1.83 bits per heavy atom. The number of hydrogen-bond donors (Lipinski definition) is 1. The minimum absolute atomic E-state index is 0.146.